The van der Waals surface area contributed by atoms with Crippen LogP contribution in [0.2, 0.25) is 0 Å². The van der Waals surface area contributed by atoms with E-state index in [1.165, 1.54) is 7.05 Å². The summed E-state index contributed by atoms with van der Waals surface area (Å²) in [7, 11) is 1.35. The minimum absolute atomic E-state index is 0.0156. The second-order valence-corrected chi connectivity index (χ2v) is 2.11. The van der Waals surface area contributed by atoms with Crippen LogP contribution >= 0.6 is 0 Å². The van der Waals surface area contributed by atoms with E-state index >= 15 is 0 Å². The Bertz CT molecular complexity index is 215. The molecule has 0 aliphatic carbocycles. The Balaban J connectivity index is 2.78. The molecule has 6 nitrogen and oxygen atoms in total. The van der Waals surface area contributed by atoms with E-state index in [9.17, 15) is 9.59 Å². The van der Waals surface area contributed by atoms with E-state index in [1.807, 2.05) is 0 Å². The van der Waals surface area contributed by atoms with Crippen LogP contribution in [0.5, 0.6) is 0 Å². The summed E-state index contributed by atoms with van der Waals surface area (Å²) in [5.41, 5.74) is 0. The van der Waals surface area contributed by atoms with Crippen molar-refractivity contribution >= 4 is 17.8 Å². The summed E-state index contributed by atoms with van der Waals surface area (Å²) in [6.07, 6.45) is -0.0707. The quantitative estimate of drug-likeness (QED) is 0.362. The van der Waals surface area contributed by atoms with Gasteiger partial charge in [-0.15, -0.1) is 0 Å². The molecule has 0 aromatic carbocycles. The number of carbonyl (C=O) groups excluding carboxylic acids is 2. The van der Waals surface area contributed by atoms with Crippen LogP contribution in [-0.2, 0) is 4.79 Å². The highest BCUT2D eigenvalue weighted by atomic mass is 16.4. The van der Waals surface area contributed by atoms with Crippen molar-refractivity contribution in [3.8, 4) is 0 Å². The van der Waals surface area contributed by atoms with Gasteiger partial charge in [0.2, 0.25) is 5.91 Å². The third-order valence-electron chi connectivity index (χ3n) is 1.37. The lowest BCUT2D eigenvalue weighted by Crippen LogP contribution is -2.50. The third kappa shape index (κ3) is 1.28. The molecule has 1 aliphatic rings. The van der Waals surface area contributed by atoms with Crippen LogP contribution in [0.1, 0.15) is 6.42 Å². The summed E-state index contributed by atoms with van der Waals surface area (Å²) >= 11 is 0. The Morgan fingerprint density at radius 3 is 2.73 bits per heavy atom. The van der Waals surface area contributed by atoms with Crippen molar-refractivity contribution in [2.75, 3.05) is 7.05 Å². The molecule has 6 heteroatoms. The zero-order chi connectivity index (χ0) is 8.43. The molecule has 1 rings (SSSR count). The number of nitrogens with zero attached hydrogens (tertiary/aromatic N) is 2. The summed E-state index contributed by atoms with van der Waals surface area (Å²) in [5.74, 6) is -0.403. The van der Waals surface area contributed by atoms with Crippen molar-refractivity contribution in [2.45, 2.75) is 6.42 Å². The van der Waals surface area contributed by atoms with E-state index in [1.54, 1.807) is 0 Å². The standard InChI is InChI=1S/C5H7N3O3/c1-8-4(9)2-3(7-11)6-5(8)10/h11H,2H2,1H3,(H,6,7,10). The zero-order valence-corrected chi connectivity index (χ0v) is 5.87. The zero-order valence-electron chi connectivity index (χ0n) is 5.87. The summed E-state index contributed by atoms with van der Waals surface area (Å²) < 4.78 is 0. The van der Waals surface area contributed by atoms with Gasteiger partial charge in [-0.05, 0) is 0 Å². The SMILES string of the molecule is CN1C(=O)CC(=NO)NC1=O. The third-order valence-corrected chi connectivity index (χ3v) is 1.37. The van der Waals surface area contributed by atoms with Crippen LogP contribution in [0.25, 0.3) is 0 Å². The minimum Gasteiger partial charge on any atom is -0.409 e. The summed E-state index contributed by atoms with van der Waals surface area (Å²) in [6, 6.07) is -0.575. The fraction of sp³-hybridized carbons (Fsp3) is 0.400. The molecule has 0 spiro atoms. The second kappa shape index (κ2) is 2.57. The smallest absolute Gasteiger partial charge is 0.329 e. The van der Waals surface area contributed by atoms with E-state index in [2.05, 4.69) is 10.5 Å². The molecule has 0 atom stereocenters. The van der Waals surface area contributed by atoms with Gasteiger partial charge in [0.1, 0.15) is 0 Å². The molecule has 1 aliphatic heterocycles. The summed E-state index contributed by atoms with van der Waals surface area (Å²) in [4.78, 5) is 22.5. The van der Waals surface area contributed by atoms with Crippen molar-refractivity contribution in [2.24, 2.45) is 5.16 Å². The molecule has 11 heavy (non-hydrogen) atoms. The van der Waals surface area contributed by atoms with Gasteiger partial charge in [-0.2, -0.15) is 0 Å². The van der Waals surface area contributed by atoms with Gasteiger partial charge in [0.15, 0.2) is 5.84 Å². The maximum atomic E-state index is 10.8. The Labute approximate surface area is 62.5 Å². The molecule has 2 N–H and O–H groups in total. The molecule has 60 valence electrons. The number of amides is 3. The number of rotatable bonds is 0. The van der Waals surface area contributed by atoms with Crippen LogP contribution in [0, 0.1) is 0 Å². The van der Waals surface area contributed by atoms with Crippen LogP contribution in [-0.4, -0.2) is 34.9 Å². The van der Waals surface area contributed by atoms with Crippen molar-refractivity contribution in [3.63, 3.8) is 0 Å². The average Bonchev–Trinajstić information content (AvgIpc) is 1.99. The number of nitrogens with one attached hydrogen (secondary N) is 1. The fourth-order valence-corrected chi connectivity index (χ4v) is 0.687. The first-order valence-electron chi connectivity index (χ1n) is 2.93. The molecule has 0 unspecified atom stereocenters. The van der Waals surface area contributed by atoms with Crippen molar-refractivity contribution in [3.05, 3.63) is 0 Å². The Morgan fingerprint density at radius 2 is 2.27 bits per heavy atom. The van der Waals surface area contributed by atoms with Gasteiger partial charge in [0.05, 0.1) is 6.42 Å². The van der Waals surface area contributed by atoms with Gasteiger partial charge in [0, 0.05) is 7.05 Å². The minimum atomic E-state index is -0.575. The van der Waals surface area contributed by atoms with Gasteiger partial charge in [-0.25, -0.2) is 4.79 Å². The molecule has 0 bridgehead atoms. The van der Waals surface area contributed by atoms with E-state index in [4.69, 9.17) is 5.21 Å². The molecule has 0 aromatic rings. The Kier molecular flexibility index (Phi) is 1.75. The molecule has 0 radical (unpaired) electrons. The van der Waals surface area contributed by atoms with E-state index < -0.39 is 6.03 Å². The van der Waals surface area contributed by atoms with Crippen LogP contribution in [0.15, 0.2) is 5.16 Å². The maximum absolute atomic E-state index is 10.8. The summed E-state index contributed by atoms with van der Waals surface area (Å²) in [5, 5.41) is 13.1. The highest BCUT2D eigenvalue weighted by Crippen LogP contribution is 1.99. The normalized spacial score (nSPS) is 22.3. The first-order valence-corrected chi connectivity index (χ1v) is 2.93. The molecule has 1 heterocycles. The predicted molar refractivity (Wildman–Crippen MR) is 35.1 cm³/mol. The molecular formula is C5H7N3O3. The van der Waals surface area contributed by atoms with Gasteiger partial charge in [0.25, 0.3) is 0 Å². The first-order chi connectivity index (χ1) is 5.15. The van der Waals surface area contributed by atoms with Crippen LogP contribution < -0.4 is 5.32 Å². The topological polar surface area (TPSA) is 82.0 Å². The number of hydrogen-bond donors (Lipinski definition) is 2. The van der Waals surface area contributed by atoms with Gasteiger partial charge >= 0.3 is 6.03 Å². The predicted octanol–water partition coefficient (Wildman–Crippen LogP) is -0.654. The van der Waals surface area contributed by atoms with Gasteiger partial charge in [-0.1, -0.05) is 5.16 Å². The highest BCUT2D eigenvalue weighted by Gasteiger charge is 2.26. The summed E-state index contributed by atoms with van der Waals surface area (Å²) in [6.45, 7) is 0. The average molecular weight is 157 g/mol. The van der Waals surface area contributed by atoms with Crippen LogP contribution in [0.4, 0.5) is 4.79 Å². The van der Waals surface area contributed by atoms with Gasteiger partial charge in [-0.3, -0.25) is 15.0 Å². The van der Waals surface area contributed by atoms with E-state index in [0.29, 0.717) is 0 Å². The van der Waals surface area contributed by atoms with Crippen LogP contribution in [0.3, 0.4) is 0 Å². The van der Waals surface area contributed by atoms with E-state index in [-0.39, 0.29) is 18.2 Å². The second-order valence-electron chi connectivity index (χ2n) is 2.11. The molecule has 3 amide bonds. The number of oxime groups is 1. The number of hydrogen-bond acceptors (Lipinski definition) is 4. The monoisotopic (exact) mass is 157 g/mol. The lowest BCUT2D eigenvalue weighted by atomic mass is 10.3. The van der Waals surface area contributed by atoms with Crippen molar-refractivity contribution < 1.29 is 14.8 Å². The molecule has 1 saturated heterocycles. The number of imide groups is 1. The maximum Gasteiger partial charge on any atom is 0.329 e. The number of amidine groups is 1. The number of urea groups is 1. The Hall–Kier alpha value is -1.59. The van der Waals surface area contributed by atoms with Gasteiger partial charge < -0.3 is 5.21 Å². The molecular weight excluding hydrogens is 150 g/mol. The highest BCUT2D eigenvalue weighted by molar-refractivity contribution is 6.15. The largest absolute Gasteiger partial charge is 0.409 e. The lowest BCUT2D eigenvalue weighted by Gasteiger charge is -2.21. The molecule has 0 aromatic heterocycles. The van der Waals surface area contributed by atoms with E-state index in [0.717, 1.165) is 4.90 Å². The number of carbonyl (C=O) groups is 2. The lowest BCUT2D eigenvalue weighted by molar-refractivity contribution is -0.126. The van der Waals surface area contributed by atoms with Crippen molar-refractivity contribution in [1.29, 1.82) is 0 Å². The molecule has 0 saturated carbocycles. The fourth-order valence-electron chi connectivity index (χ4n) is 0.687. The first kappa shape index (κ1) is 7.52. The van der Waals surface area contributed by atoms with Crippen molar-refractivity contribution in [1.82, 2.24) is 10.2 Å². The molecule has 1 fully saturated rings. The Morgan fingerprint density at radius 1 is 1.64 bits per heavy atom.